The molecule has 2 aromatic rings. The van der Waals surface area contributed by atoms with E-state index in [1.54, 1.807) is 11.3 Å². The van der Waals surface area contributed by atoms with Crippen molar-refractivity contribution in [3.05, 3.63) is 28.5 Å². The number of aryl methyl sites for hydroxylation is 1. The van der Waals surface area contributed by atoms with Crippen LogP contribution >= 0.6 is 11.3 Å². The van der Waals surface area contributed by atoms with Gasteiger partial charge in [0.2, 0.25) is 0 Å². The zero-order valence-corrected chi connectivity index (χ0v) is 12.9. The Morgan fingerprint density at radius 1 is 1.21 bits per heavy atom. The Labute approximate surface area is 118 Å². The van der Waals surface area contributed by atoms with Crippen LogP contribution in [-0.4, -0.2) is 22.0 Å². The van der Waals surface area contributed by atoms with E-state index in [0.717, 1.165) is 22.8 Å². The number of nitrogens with one attached hydrogen (secondary N) is 1. The van der Waals surface area contributed by atoms with Crippen LogP contribution in [0.3, 0.4) is 0 Å². The Morgan fingerprint density at radius 2 is 1.84 bits per heavy atom. The smallest absolute Gasteiger partial charge is 0.188 e. The van der Waals surface area contributed by atoms with E-state index >= 15 is 0 Å². The average molecular weight is 276 g/mol. The Morgan fingerprint density at radius 3 is 2.37 bits per heavy atom. The molecular formula is C14H20N4S. The van der Waals surface area contributed by atoms with Crippen molar-refractivity contribution in [2.75, 3.05) is 7.05 Å². The molecule has 0 saturated heterocycles. The average Bonchev–Trinajstić information content (AvgIpc) is 2.74. The molecule has 0 aliphatic heterocycles. The second-order valence-corrected chi connectivity index (χ2v) is 6.74. The molecule has 5 heteroatoms. The maximum atomic E-state index is 4.75. The van der Waals surface area contributed by atoms with E-state index in [2.05, 4.69) is 36.1 Å². The summed E-state index contributed by atoms with van der Waals surface area (Å²) < 4.78 is 0. The Bertz CT molecular complexity index is 552. The largest absolute Gasteiger partial charge is 0.315 e. The molecule has 2 rings (SSSR count). The van der Waals surface area contributed by atoms with Crippen molar-refractivity contribution in [1.29, 1.82) is 0 Å². The minimum atomic E-state index is 0.0334. The third kappa shape index (κ3) is 3.16. The lowest BCUT2D eigenvalue weighted by atomic mass is 9.91. The molecule has 0 spiro atoms. The van der Waals surface area contributed by atoms with Crippen LogP contribution < -0.4 is 5.32 Å². The second kappa shape index (κ2) is 5.35. The van der Waals surface area contributed by atoms with Crippen LogP contribution in [0.4, 0.5) is 0 Å². The van der Waals surface area contributed by atoms with E-state index < -0.39 is 0 Å². The molecule has 0 unspecified atom stereocenters. The molecule has 19 heavy (non-hydrogen) atoms. The van der Waals surface area contributed by atoms with E-state index in [0.29, 0.717) is 5.82 Å². The summed E-state index contributed by atoms with van der Waals surface area (Å²) in [7, 11) is 1.95. The molecule has 0 amide bonds. The van der Waals surface area contributed by atoms with Gasteiger partial charge in [0, 0.05) is 29.2 Å². The first kappa shape index (κ1) is 14.1. The molecule has 4 nitrogen and oxygen atoms in total. The molecule has 0 saturated carbocycles. The molecule has 0 bridgehead atoms. The lowest BCUT2D eigenvalue weighted by Crippen LogP contribution is -2.16. The SMILES string of the molecule is CNCc1sc(-c2ncc(C)cn2)nc1C(C)(C)C. The minimum Gasteiger partial charge on any atom is -0.315 e. The van der Waals surface area contributed by atoms with Gasteiger partial charge >= 0.3 is 0 Å². The van der Waals surface area contributed by atoms with Crippen molar-refractivity contribution in [3.63, 3.8) is 0 Å². The number of hydrogen-bond acceptors (Lipinski definition) is 5. The first-order valence-corrected chi connectivity index (χ1v) is 7.17. The van der Waals surface area contributed by atoms with Gasteiger partial charge in [-0.05, 0) is 19.5 Å². The van der Waals surface area contributed by atoms with E-state index in [1.807, 2.05) is 26.4 Å². The fourth-order valence-electron chi connectivity index (χ4n) is 1.82. The van der Waals surface area contributed by atoms with Crippen LogP contribution in [0.2, 0.25) is 0 Å². The summed E-state index contributed by atoms with van der Waals surface area (Å²) in [6.45, 7) is 9.36. The predicted molar refractivity (Wildman–Crippen MR) is 79.3 cm³/mol. The molecule has 0 aliphatic rings. The summed E-state index contributed by atoms with van der Waals surface area (Å²) >= 11 is 1.67. The van der Waals surface area contributed by atoms with Crippen LogP contribution in [0.1, 0.15) is 36.9 Å². The van der Waals surface area contributed by atoms with Crippen molar-refractivity contribution in [2.45, 2.75) is 39.7 Å². The van der Waals surface area contributed by atoms with Gasteiger partial charge in [-0.1, -0.05) is 20.8 Å². The zero-order valence-electron chi connectivity index (χ0n) is 12.1. The molecule has 0 atom stereocenters. The maximum Gasteiger partial charge on any atom is 0.188 e. The first-order valence-electron chi connectivity index (χ1n) is 6.35. The van der Waals surface area contributed by atoms with Crippen LogP contribution in [0.15, 0.2) is 12.4 Å². The highest BCUT2D eigenvalue weighted by molar-refractivity contribution is 7.15. The van der Waals surface area contributed by atoms with Crippen LogP contribution in [0.5, 0.6) is 0 Å². The fraction of sp³-hybridized carbons (Fsp3) is 0.500. The quantitative estimate of drug-likeness (QED) is 0.936. The van der Waals surface area contributed by atoms with Crippen LogP contribution in [0, 0.1) is 6.92 Å². The van der Waals surface area contributed by atoms with Crippen molar-refractivity contribution < 1.29 is 0 Å². The van der Waals surface area contributed by atoms with Gasteiger partial charge in [0.05, 0.1) is 5.69 Å². The van der Waals surface area contributed by atoms with E-state index in [9.17, 15) is 0 Å². The van der Waals surface area contributed by atoms with Crippen molar-refractivity contribution >= 4 is 11.3 Å². The summed E-state index contributed by atoms with van der Waals surface area (Å²) in [5.41, 5.74) is 2.23. The van der Waals surface area contributed by atoms with E-state index in [4.69, 9.17) is 4.98 Å². The highest BCUT2D eigenvalue weighted by Gasteiger charge is 2.23. The molecule has 0 aromatic carbocycles. The maximum absolute atomic E-state index is 4.75. The Kier molecular flexibility index (Phi) is 3.96. The summed E-state index contributed by atoms with van der Waals surface area (Å²) in [5.74, 6) is 0.712. The number of thiazole rings is 1. The topological polar surface area (TPSA) is 50.7 Å². The van der Waals surface area contributed by atoms with E-state index in [-0.39, 0.29) is 5.41 Å². The number of hydrogen-bond donors (Lipinski definition) is 1. The first-order chi connectivity index (χ1) is 8.91. The fourth-order valence-corrected chi connectivity index (χ4v) is 3.05. The number of nitrogens with zero attached hydrogens (tertiary/aromatic N) is 3. The molecule has 2 heterocycles. The van der Waals surface area contributed by atoms with Gasteiger partial charge in [-0.2, -0.15) is 0 Å². The van der Waals surface area contributed by atoms with Crippen molar-refractivity contribution in [2.24, 2.45) is 0 Å². The van der Waals surface area contributed by atoms with Gasteiger partial charge in [-0.3, -0.25) is 0 Å². The third-order valence-electron chi connectivity index (χ3n) is 2.72. The van der Waals surface area contributed by atoms with Gasteiger partial charge in [-0.25, -0.2) is 15.0 Å². The lowest BCUT2D eigenvalue weighted by Gasteiger charge is -2.17. The molecule has 0 aliphatic carbocycles. The van der Waals surface area contributed by atoms with Gasteiger partial charge in [-0.15, -0.1) is 11.3 Å². The summed E-state index contributed by atoms with van der Waals surface area (Å²) in [6.07, 6.45) is 3.66. The standard InChI is InChI=1S/C14H20N4S/c1-9-6-16-12(17-7-9)13-18-11(14(2,3)4)10(19-13)8-15-5/h6-7,15H,8H2,1-5H3. The molecule has 2 aromatic heterocycles. The molecule has 0 fully saturated rings. The zero-order chi connectivity index (χ0) is 14.0. The second-order valence-electron chi connectivity index (χ2n) is 5.66. The molecule has 102 valence electrons. The summed E-state index contributed by atoms with van der Waals surface area (Å²) in [5, 5.41) is 4.10. The van der Waals surface area contributed by atoms with E-state index in [1.165, 1.54) is 4.88 Å². The van der Waals surface area contributed by atoms with Crippen molar-refractivity contribution in [1.82, 2.24) is 20.3 Å². The van der Waals surface area contributed by atoms with Gasteiger partial charge in [0.25, 0.3) is 0 Å². The summed E-state index contributed by atoms with van der Waals surface area (Å²) in [4.78, 5) is 14.7. The molecule has 1 N–H and O–H groups in total. The van der Waals surface area contributed by atoms with Gasteiger partial charge in [0.15, 0.2) is 10.8 Å². The van der Waals surface area contributed by atoms with Gasteiger partial charge < -0.3 is 5.32 Å². The van der Waals surface area contributed by atoms with Crippen LogP contribution in [-0.2, 0) is 12.0 Å². The lowest BCUT2D eigenvalue weighted by molar-refractivity contribution is 0.563. The molecular weight excluding hydrogens is 256 g/mol. The number of rotatable bonds is 3. The van der Waals surface area contributed by atoms with Crippen molar-refractivity contribution in [3.8, 4) is 10.8 Å². The third-order valence-corrected chi connectivity index (χ3v) is 3.77. The summed E-state index contributed by atoms with van der Waals surface area (Å²) in [6, 6.07) is 0. The molecule has 0 radical (unpaired) electrons. The minimum absolute atomic E-state index is 0.0334. The van der Waals surface area contributed by atoms with Gasteiger partial charge in [0.1, 0.15) is 0 Å². The Hall–Kier alpha value is -1.33. The number of aromatic nitrogens is 3. The Balaban J connectivity index is 2.45. The highest BCUT2D eigenvalue weighted by Crippen LogP contribution is 2.33. The predicted octanol–water partition coefficient (Wildman–Crippen LogP) is 2.93. The highest BCUT2D eigenvalue weighted by atomic mass is 32.1. The van der Waals surface area contributed by atoms with Crippen LogP contribution in [0.25, 0.3) is 10.8 Å². The normalized spacial score (nSPS) is 11.8. The monoisotopic (exact) mass is 276 g/mol.